The van der Waals surface area contributed by atoms with Crippen molar-refractivity contribution < 1.29 is 19.1 Å². The van der Waals surface area contributed by atoms with Gasteiger partial charge in [-0.2, -0.15) is 0 Å². The summed E-state index contributed by atoms with van der Waals surface area (Å²) in [6, 6.07) is 6.77. The minimum absolute atomic E-state index is 0.00204. The fourth-order valence-electron chi connectivity index (χ4n) is 2.36. The number of hydrogen-bond donors (Lipinski definition) is 1. The minimum Gasteiger partial charge on any atom is -0.452 e. The molecule has 0 aromatic heterocycles. The van der Waals surface area contributed by atoms with E-state index in [1.165, 1.54) is 0 Å². The van der Waals surface area contributed by atoms with Gasteiger partial charge in [0.2, 0.25) is 5.91 Å². The van der Waals surface area contributed by atoms with Crippen LogP contribution in [0.4, 0.5) is 5.69 Å². The Morgan fingerprint density at radius 3 is 2.68 bits per heavy atom. The Morgan fingerprint density at radius 1 is 1.32 bits per heavy atom. The monoisotopic (exact) mass is 304 g/mol. The van der Waals surface area contributed by atoms with E-state index < -0.39 is 5.97 Å². The third kappa shape index (κ3) is 3.84. The van der Waals surface area contributed by atoms with Crippen LogP contribution in [0.2, 0.25) is 0 Å². The van der Waals surface area contributed by atoms with Crippen molar-refractivity contribution in [2.24, 2.45) is 0 Å². The molecule has 1 aliphatic heterocycles. The lowest BCUT2D eigenvalue weighted by Gasteiger charge is -2.18. The molecule has 2 amide bonds. The van der Waals surface area contributed by atoms with Crippen LogP contribution < -0.4 is 10.2 Å². The van der Waals surface area contributed by atoms with Gasteiger partial charge in [0.25, 0.3) is 5.91 Å². The number of benzene rings is 1. The first-order valence-corrected chi connectivity index (χ1v) is 7.35. The summed E-state index contributed by atoms with van der Waals surface area (Å²) in [5, 5.41) is 2.65. The molecule has 22 heavy (non-hydrogen) atoms. The van der Waals surface area contributed by atoms with Crippen LogP contribution in [0.15, 0.2) is 24.3 Å². The third-order valence-electron chi connectivity index (χ3n) is 3.27. The Kier molecular flexibility index (Phi) is 5.14. The van der Waals surface area contributed by atoms with Crippen molar-refractivity contribution in [3.63, 3.8) is 0 Å². The second-order valence-electron chi connectivity index (χ2n) is 5.46. The van der Waals surface area contributed by atoms with E-state index in [1.807, 2.05) is 13.8 Å². The van der Waals surface area contributed by atoms with Crippen molar-refractivity contribution in [2.75, 3.05) is 18.1 Å². The van der Waals surface area contributed by atoms with Crippen LogP contribution in [0, 0.1) is 0 Å². The number of carbonyl (C=O) groups excluding carboxylic acids is 3. The summed E-state index contributed by atoms with van der Waals surface area (Å²) in [5.41, 5.74) is 0.842. The first kappa shape index (κ1) is 16.0. The molecule has 1 saturated heterocycles. The van der Waals surface area contributed by atoms with Gasteiger partial charge in [0.05, 0.1) is 11.3 Å². The number of rotatable bonds is 5. The molecule has 0 aliphatic carbocycles. The highest BCUT2D eigenvalue weighted by molar-refractivity contribution is 6.03. The van der Waals surface area contributed by atoms with Gasteiger partial charge in [-0.15, -0.1) is 0 Å². The molecule has 0 spiro atoms. The number of ether oxygens (including phenoxy) is 1. The Morgan fingerprint density at radius 2 is 2.05 bits per heavy atom. The lowest BCUT2D eigenvalue weighted by molar-refractivity contribution is -0.124. The zero-order valence-electron chi connectivity index (χ0n) is 12.8. The molecule has 1 aromatic carbocycles. The second kappa shape index (κ2) is 7.06. The summed E-state index contributed by atoms with van der Waals surface area (Å²) in [7, 11) is 0. The van der Waals surface area contributed by atoms with Gasteiger partial charge in [-0.1, -0.05) is 12.1 Å². The van der Waals surface area contributed by atoms with Gasteiger partial charge < -0.3 is 15.0 Å². The molecule has 118 valence electrons. The summed E-state index contributed by atoms with van der Waals surface area (Å²) in [6.07, 6.45) is 1.26. The number of anilines is 1. The van der Waals surface area contributed by atoms with E-state index >= 15 is 0 Å². The molecule has 0 bridgehead atoms. The topological polar surface area (TPSA) is 75.7 Å². The molecule has 6 heteroatoms. The van der Waals surface area contributed by atoms with E-state index in [0.717, 1.165) is 6.42 Å². The molecule has 1 aliphatic rings. The standard InChI is InChI=1S/C16H20N2O4/c1-11(2)17-14(19)10-22-16(21)12-6-3-4-7-13(12)18-9-5-8-15(18)20/h3-4,6-7,11H,5,8-10H2,1-2H3,(H,17,19). The van der Waals surface area contributed by atoms with Gasteiger partial charge in [-0.25, -0.2) is 4.79 Å². The smallest absolute Gasteiger partial charge is 0.340 e. The van der Waals surface area contributed by atoms with Crippen LogP contribution in [0.1, 0.15) is 37.0 Å². The maximum atomic E-state index is 12.2. The molecule has 6 nitrogen and oxygen atoms in total. The maximum Gasteiger partial charge on any atom is 0.340 e. The van der Waals surface area contributed by atoms with Crippen molar-refractivity contribution in [3.8, 4) is 0 Å². The predicted molar refractivity (Wildman–Crippen MR) is 81.6 cm³/mol. The zero-order chi connectivity index (χ0) is 16.1. The lowest BCUT2D eigenvalue weighted by Crippen LogP contribution is -2.34. The molecule has 0 saturated carbocycles. The Labute approximate surface area is 129 Å². The summed E-state index contributed by atoms with van der Waals surface area (Å²) in [4.78, 5) is 37.1. The second-order valence-corrected chi connectivity index (χ2v) is 5.46. The van der Waals surface area contributed by atoms with Crippen molar-refractivity contribution >= 4 is 23.5 Å². The van der Waals surface area contributed by atoms with E-state index in [0.29, 0.717) is 24.2 Å². The first-order chi connectivity index (χ1) is 10.5. The van der Waals surface area contributed by atoms with Crippen LogP contribution in [-0.2, 0) is 14.3 Å². The summed E-state index contributed by atoms with van der Waals surface area (Å²) < 4.78 is 5.04. The van der Waals surface area contributed by atoms with Gasteiger partial charge in [-0.3, -0.25) is 9.59 Å². The molecule has 1 heterocycles. The van der Waals surface area contributed by atoms with Gasteiger partial charge >= 0.3 is 5.97 Å². The Hall–Kier alpha value is -2.37. The van der Waals surface area contributed by atoms with E-state index in [1.54, 1.807) is 29.2 Å². The van der Waals surface area contributed by atoms with Crippen LogP contribution in [0.25, 0.3) is 0 Å². The highest BCUT2D eigenvalue weighted by Gasteiger charge is 2.26. The number of esters is 1. The number of hydrogen-bond acceptors (Lipinski definition) is 4. The third-order valence-corrected chi connectivity index (χ3v) is 3.27. The van der Waals surface area contributed by atoms with E-state index in [9.17, 15) is 14.4 Å². The zero-order valence-corrected chi connectivity index (χ0v) is 12.8. The number of nitrogens with zero attached hydrogens (tertiary/aromatic N) is 1. The molecule has 1 fully saturated rings. The van der Waals surface area contributed by atoms with E-state index in [4.69, 9.17) is 4.74 Å². The van der Waals surface area contributed by atoms with Crippen molar-refractivity contribution in [3.05, 3.63) is 29.8 Å². The van der Waals surface area contributed by atoms with Crippen molar-refractivity contribution in [2.45, 2.75) is 32.7 Å². The number of nitrogens with one attached hydrogen (secondary N) is 1. The average molecular weight is 304 g/mol. The number of amides is 2. The average Bonchev–Trinajstić information content (AvgIpc) is 2.90. The number of carbonyl (C=O) groups is 3. The fraction of sp³-hybridized carbons (Fsp3) is 0.438. The predicted octanol–water partition coefficient (Wildman–Crippen LogP) is 1.49. The molecule has 0 radical (unpaired) electrons. The molecule has 1 N–H and O–H groups in total. The quantitative estimate of drug-likeness (QED) is 0.836. The van der Waals surface area contributed by atoms with Crippen LogP contribution >= 0.6 is 0 Å². The lowest BCUT2D eigenvalue weighted by atomic mass is 10.1. The molecular formula is C16H20N2O4. The van der Waals surface area contributed by atoms with Gasteiger partial charge in [0, 0.05) is 19.0 Å². The summed E-state index contributed by atoms with van der Waals surface area (Å²) in [6.45, 7) is 3.91. The van der Waals surface area contributed by atoms with E-state index in [2.05, 4.69) is 5.32 Å². The van der Waals surface area contributed by atoms with E-state index in [-0.39, 0.29) is 24.5 Å². The Bertz CT molecular complexity index is 583. The molecule has 2 rings (SSSR count). The van der Waals surface area contributed by atoms with Gasteiger partial charge in [-0.05, 0) is 32.4 Å². The minimum atomic E-state index is -0.603. The first-order valence-electron chi connectivity index (χ1n) is 7.35. The molecular weight excluding hydrogens is 284 g/mol. The van der Waals surface area contributed by atoms with Gasteiger partial charge in [0.15, 0.2) is 6.61 Å². The highest BCUT2D eigenvalue weighted by Crippen LogP contribution is 2.25. The summed E-state index contributed by atoms with van der Waals surface area (Å²) in [5.74, 6) is -0.954. The summed E-state index contributed by atoms with van der Waals surface area (Å²) >= 11 is 0. The van der Waals surface area contributed by atoms with Crippen LogP contribution in [0.3, 0.4) is 0 Å². The molecule has 0 atom stereocenters. The van der Waals surface area contributed by atoms with Gasteiger partial charge in [0.1, 0.15) is 0 Å². The van der Waals surface area contributed by atoms with Crippen molar-refractivity contribution in [1.82, 2.24) is 5.32 Å². The molecule has 0 unspecified atom stereocenters. The van der Waals surface area contributed by atoms with Crippen molar-refractivity contribution in [1.29, 1.82) is 0 Å². The number of para-hydroxylation sites is 1. The largest absolute Gasteiger partial charge is 0.452 e. The normalized spacial score (nSPS) is 14.3. The highest BCUT2D eigenvalue weighted by atomic mass is 16.5. The van der Waals surface area contributed by atoms with Crippen LogP contribution in [0.5, 0.6) is 0 Å². The Balaban J connectivity index is 2.07. The van der Waals surface area contributed by atoms with Crippen LogP contribution in [-0.4, -0.2) is 37.0 Å². The molecule has 1 aromatic rings. The maximum absolute atomic E-state index is 12.2. The SMILES string of the molecule is CC(C)NC(=O)COC(=O)c1ccccc1N1CCCC1=O. The fourth-order valence-corrected chi connectivity index (χ4v) is 2.36.